The maximum Gasteiger partial charge on any atom is 0.211 e. The third-order valence-electron chi connectivity index (χ3n) is 4.36. The van der Waals surface area contributed by atoms with E-state index in [-0.39, 0.29) is 5.17 Å². The molecule has 0 saturated carbocycles. The fourth-order valence-electron chi connectivity index (χ4n) is 2.97. The molecule has 0 aliphatic carbocycles. The quantitative estimate of drug-likeness (QED) is 0.741. The summed E-state index contributed by atoms with van der Waals surface area (Å²) in [4.78, 5) is 8.85. The number of nitrogens with one attached hydrogen (secondary N) is 1. The number of hydrogen-bond donors (Lipinski definition) is 1. The zero-order chi connectivity index (χ0) is 19.0. The summed E-state index contributed by atoms with van der Waals surface area (Å²) in [5.41, 5.74) is 3.13. The average Bonchev–Trinajstić information content (AvgIpc) is 3.00. The molecule has 0 amide bonds. The molecule has 2 aliphatic heterocycles. The van der Waals surface area contributed by atoms with Crippen molar-refractivity contribution in [2.24, 2.45) is 4.99 Å². The molecule has 1 aromatic carbocycles. The van der Waals surface area contributed by atoms with Gasteiger partial charge in [-0.05, 0) is 51.8 Å². The van der Waals surface area contributed by atoms with Crippen LogP contribution >= 0.6 is 27.5 Å². The molecule has 0 saturated heterocycles. The number of quaternary nitrogens is 1. The second-order valence-electron chi connectivity index (χ2n) is 6.08. The van der Waals surface area contributed by atoms with Gasteiger partial charge in [-0.2, -0.15) is 10.3 Å². The van der Waals surface area contributed by atoms with Crippen LogP contribution in [0.15, 0.2) is 64.3 Å². The Morgan fingerprint density at radius 1 is 1.26 bits per heavy atom. The summed E-state index contributed by atoms with van der Waals surface area (Å²) in [6.07, 6.45) is 4.97. The molecule has 8 heteroatoms. The van der Waals surface area contributed by atoms with Crippen molar-refractivity contribution in [3.05, 3.63) is 86.4 Å². The van der Waals surface area contributed by atoms with Crippen molar-refractivity contribution < 1.29 is 5.17 Å². The molecule has 0 radical (unpaired) electrons. The van der Waals surface area contributed by atoms with Crippen LogP contribution in [0.25, 0.3) is 5.57 Å². The molecule has 6 nitrogen and oxygen atoms in total. The van der Waals surface area contributed by atoms with Crippen LogP contribution in [0, 0.1) is 16.5 Å². The predicted molar refractivity (Wildman–Crippen MR) is 106 cm³/mol. The van der Waals surface area contributed by atoms with E-state index >= 15 is 0 Å². The van der Waals surface area contributed by atoms with Crippen LogP contribution in [0.1, 0.15) is 16.8 Å². The summed E-state index contributed by atoms with van der Waals surface area (Å²) in [6.45, 7) is 0. The van der Waals surface area contributed by atoms with Crippen LogP contribution in [0.4, 0.5) is 0 Å². The molecular weight excluding hydrogens is 430 g/mol. The maximum atomic E-state index is 12.7. The zero-order valence-corrected chi connectivity index (χ0v) is 16.3. The van der Waals surface area contributed by atoms with Gasteiger partial charge in [-0.3, -0.25) is 4.98 Å². The first-order valence-corrected chi connectivity index (χ1v) is 9.34. The van der Waals surface area contributed by atoms with Crippen molar-refractivity contribution in [3.63, 3.8) is 0 Å². The average molecular weight is 443 g/mol. The molecule has 27 heavy (non-hydrogen) atoms. The van der Waals surface area contributed by atoms with Crippen molar-refractivity contribution in [1.82, 2.24) is 9.99 Å². The first-order chi connectivity index (χ1) is 13.1. The third kappa shape index (κ3) is 3.40. The number of hydrogen-bond acceptors (Lipinski definition) is 5. The number of amidine groups is 1. The van der Waals surface area contributed by atoms with Gasteiger partial charge in [-0.15, -0.1) is 0 Å². The monoisotopic (exact) mass is 441 g/mol. The van der Waals surface area contributed by atoms with Gasteiger partial charge in [0.15, 0.2) is 5.84 Å². The number of halogens is 2. The summed E-state index contributed by atoms with van der Waals surface area (Å²) >= 11 is 9.56. The Balaban J connectivity index is 1.62. The van der Waals surface area contributed by atoms with Crippen LogP contribution < -0.4 is 5.17 Å². The largest absolute Gasteiger partial charge is 0.606 e. The molecule has 2 unspecified atom stereocenters. The van der Waals surface area contributed by atoms with Crippen LogP contribution in [0.3, 0.4) is 0 Å². The Bertz CT molecular complexity index is 1010. The van der Waals surface area contributed by atoms with Gasteiger partial charge < -0.3 is 5.21 Å². The van der Waals surface area contributed by atoms with Gasteiger partial charge >= 0.3 is 0 Å². The lowest BCUT2D eigenvalue weighted by Crippen LogP contribution is -3.15. The van der Waals surface area contributed by atoms with Crippen molar-refractivity contribution in [2.75, 3.05) is 0 Å². The van der Waals surface area contributed by atoms with Gasteiger partial charge in [-0.25, -0.2) is 10.2 Å². The van der Waals surface area contributed by atoms with Gasteiger partial charge in [-0.1, -0.05) is 23.7 Å². The molecule has 1 aromatic heterocycles. The summed E-state index contributed by atoms with van der Waals surface area (Å²) < 4.78 is 0.760. The minimum absolute atomic E-state index is 0.0977. The fraction of sp³-hybridized carbons (Fsp3) is 0.105. The Labute approximate surface area is 169 Å². The molecule has 4 rings (SSSR count). The van der Waals surface area contributed by atoms with Gasteiger partial charge in [0.2, 0.25) is 6.17 Å². The number of nitrogens with zero attached hydrogens (tertiary/aromatic N) is 4. The van der Waals surface area contributed by atoms with Gasteiger partial charge in [0.1, 0.15) is 6.07 Å². The minimum atomic E-state index is -0.540. The number of nitriles is 1. The first kappa shape index (κ1) is 17.9. The summed E-state index contributed by atoms with van der Waals surface area (Å²) in [7, 11) is 0. The Kier molecular flexibility index (Phi) is 4.81. The molecule has 2 aliphatic rings. The third-order valence-corrected chi connectivity index (χ3v) is 5.40. The van der Waals surface area contributed by atoms with E-state index in [0.717, 1.165) is 21.3 Å². The highest BCUT2D eigenvalue weighted by atomic mass is 79.9. The number of aliphatic imine (C=N–C) groups is 1. The molecule has 1 N–H and O–H groups in total. The highest BCUT2D eigenvalue weighted by Gasteiger charge is 2.36. The molecule has 0 bridgehead atoms. The number of allylic oxidation sites excluding steroid dienone is 2. The zero-order valence-electron chi connectivity index (χ0n) is 13.9. The van der Waals surface area contributed by atoms with E-state index < -0.39 is 6.17 Å². The van der Waals surface area contributed by atoms with E-state index in [4.69, 9.17) is 16.9 Å². The molecule has 0 fully saturated rings. The Hall–Kier alpha value is -2.50. The predicted octanol–water partition coefficient (Wildman–Crippen LogP) is 2.82. The van der Waals surface area contributed by atoms with E-state index in [1.807, 2.05) is 36.4 Å². The van der Waals surface area contributed by atoms with E-state index in [1.165, 1.54) is 6.20 Å². The minimum Gasteiger partial charge on any atom is -0.606 e. The Morgan fingerprint density at radius 2 is 2.04 bits per heavy atom. The van der Waals surface area contributed by atoms with Crippen molar-refractivity contribution in [3.8, 4) is 6.07 Å². The number of aromatic nitrogens is 1. The lowest BCUT2D eigenvalue weighted by molar-refractivity contribution is -0.963. The van der Waals surface area contributed by atoms with E-state index in [0.29, 0.717) is 22.8 Å². The van der Waals surface area contributed by atoms with Gasteiger partial charge in [0.05, 0.1) is 22.7 Å². The lowest BCUT2D eigenvalue weighted by atomic mass is 10.0. The van der Waals surface area contributed by atoms with Crippen LogP contribution in [-0.2, 0) is 6.42 Å². The van der Waals surface area contributed by atoms with Gasteiger partial charge in [0.25, 0.3) is 0 Å². The number of fused-ring (bicyclic) bond motifs is 1. The second-order valence-corrected chi connectivity index (χ2v) is 7.31. The molecule has 134 valence electrons. The van der Waals surface area contributed by atoms with Crippen molar-refractivity contribution in [2.45, 2.75) is 12.6 Å². The highest BCUT2D eigenvalue weighted by molar-refractivity contribution is 9.12. The smallest absolute Gasteiger partial charge is 0.211 e. The summed E-state index contributed by atoms with van der Waals surface area (Å²) in [6, 6.07) is 13.0. The molecular formula is C19H13BrClN5O. The summed E-state index contributed by atoms with van der Waals surface area (Å²) in [5, 5.41) is 23.7. The number of benzene rings is 1. The van der Waals surface area contributed by atoms with E-state index in [9.17, 15) is 5.21 Å². The molecule has 2 aromatic rings. The van der Waals surface area contributed by atoms with Crippen LogP contribution in [0.2, 0.25) is 5.02 Å². The molecule has 0 spiro atoms. The normalized spacial score (nSPS) is 21.1. The standard InChI is InChI=1S/C19H13BrClN5O/c20-18-16(13-2-4-14(21)5-3-13)7-8-25-19(18)24-17(26(25)27)9-15-6-1-12(10-22)11-23-15/h1-8,11,17,26H,9H2. The number of pyridine rings is 1. The van der Waals surface area contributed by atoms with E-state index in [1.54, 1.807) is 23.3 Å². The van der Waals surface area contributed by atoms with Gasteiger partial charge in [0, 0.05) is 22.5 Å². The van der Waals surface area contributed by atoms with Crippen molar-refractivity contribution in [1.29, 1.82) is 5.26 Å². The first-order valence-electron chi connectivity index (χ1n) is 8.17. The SMILES string of the molecule is N#Cc1ccc(CC2N=C3C(Br)=C(c4ccc(Cl)cc4)C=CN3[NH+]2[O-])nc1. The number of rotatable bonds is 3. The fourth-order valence-corrected chi connectivity index (χ4v) is 3.75. The lowest BCUT2D eigenvalue weighted by Gasteiger charge is -2.31. The van der Waals surface area contributed by atoms with E-state index in [2.05, 4.69) is 25.9 Å². The second kappa shape index (κ2) is 7.25. The topological polar surface area (TPSA) is 79.8 Å². The Morgan fingerprint density at radius 3 is 2.70 bits per heavy atom. The number of hydroxylamine groups is 1. The molecule has 2 atom stereocenters. The van der Waals surface area contributed by atoms with Crippen LogP contribution in [0.5, 0.6) is 0 Å². The molecule has 3 heterocycles. The van der Waals surface area contributed by atoms with Crippen molar-refractivity contribution >= 4 is 38.9 Å². The maximum absolute atomic E-state index is 12.7. The summed E-state index contributed by atoms with van der Waals surface area (Å²) in [5.74, 6) is 0.589. The highest BCUT2D eigenvalue weighted by Crippen LogP contribution is 2.31. The van der Waals surface area contributed by atoms with Crippen LogP contribution in [-0.4, -0.2) is 22.0 Å².